The van der Waals surface area contributed by atoms with Crippen LogP contribution in [0.5, 0.6) is 0 Å². The lowest BCUT2D eigenvalue weighted by Crippen LogP contribution is -2.50. The minimum absolute atomic E-state index is 0.163. The van der Waals surface area contributed by atoms with Crippen LogP contribution in [0.1, 0.15) is 33.6 Å². The molecule has 0 aliphatic heterocycles. The monoisotopic (exact) mass is 284 g/mol. The number of benzene rings is 1. The zero-order chi connectivity index (χ0) is 15.2. The summed E-state index contributed by atoms with van der Waals surface area (Å²) in [5.41, 5.74) is 12.6. The highest BCUT2D eigenvalue weighted by Crippen LogP contribution is 2.39. The number of rotatable bonds is 2. The SMILES string of the molecule is NC1=CCC(N)(CCO)C2=C1C(=O)c1ccccc1C2=O. The molecule has 1 unspecified atom stereocenters. The predicted molar refractivity (Wildman–Crippen MR) is 77.6 cm³/mol. The lowest BCUT2D eigenvalue weighted by molar-refractivity contribution is 0.0956. The second-order valence-corrected chi connectivity index (χ2v) is 5.45. The topological polar surface area (TPSA) is 106 Å². The van der Waals surface area contributed by atoms with E-state index >= 15 is 0 Å². The Balaban J connectivity index is 2.26. The summed E-state index contributed by atoms with van der Waals surface area (Å²) in [5.74, 6) is -0.548. The number of nitrogens with two attached hydrogens (primary N) is 2. The number of aliphatic hydroxyl groups excluding tert-OH is 1. The van der Waals surface area contributed by atoms with Crippen molar-refractivity contribution in [3.05, 3.63) is 58.3 Å². The normalized spacial score (nSPS) is 24.6. The van der Waals surface area contributed by atoms with E-state index in [1.54, 1.807) is 30.3 Å². The molecule has 0 fully saturated rings. The fourth-order valence-corrected chi connectivity index (χ4v) is 3.05. The first-order chi connectivity index (χ1) is 9.99. The largest absolute Gasteiger partial charge is 0.398 e. The molecule has 2 aliphatic rings. The average molecular weight is 284 g/mol. The van der Waals surface area contributed by atoms with E-state index in [1.165, 1.54) is 0 Å². The van der Waals surface area contributed by atoms with Crippen LogP contribution in [0.3, 0.4) is 0 Å². The van der Waals surface area contributed by atoms with Gasteiger partial charge in [0.1, 0.15) is 0 Å². The summed E-state index contributed by atoms with van der Waals surface area (Å²) in [6, 6.07) is 6.66. The molecule has 3 rings (SSSR count). The maximum absolute atomic E-state index is 12.8. The van der Waals surface area contributed by atoms with Crippen LogP contribution in [0.25, 0.3) is 0 Å². The summed E-state index contributed by atoms with van der Waals surface area (Å²) >= 11 is 0. The van der Waals surface area contributed by atoms with Gasteiger partial charge < -0.3 is 16.6 Å². The van der Waals surface area contributed by atoms with E-state index in [1.807, 2.05) is 0 Å². The van der Waals surface area contributed by atoms with Crippen molar-refractivity contribution in [2.45, 2.75) is 18.4 Å². The molecule has 0 saturated heterocycles. The van der Waals surface area contributed by atoms with Crippen molar-refractivity contribution in [3.8, 4) is 0 Å². The molecule has 0 radical (unpaired) electrons. The summed E-state index contributed by atoms with van der Waals surface area (Å²) in [4.78, 5) is 25.4. The zero-order valence-corrected chi connectivity index (χ0v) is 11.4. The number of carbonyl (C=O) groups is 2. The van der Waals surface area contributed by atoms with Crippen molar-refractivity contribution < 1.29 is 14.7 Å². The third kappa shape index (κ3) is 1.86. The van der Waals surface area contributed by atoms with Crippen molar-refractivity contribution in [2.75, 3.05) is 6.61 Å². The van der Waals surface area contributed by atoms with Crippen LogP contribution in [0.15, 0.2) is 47.2 Å². The van der Waals surface area contributed by atoms with Crippen LogP contribution in [-0.4, -0.2) is 28.8 Å². The van der Waals surface area contributed by atoms with Crippen LogP contribution >= 0.6 is 0 Å². The first kappa shape index (κ1) is 13.7. The molecular formula is C16H16N2O3. The highest BCUT2D eigenvalue weighted by molar-refractivity contribution is 6.29. The highest BCUT2D eigenvalue weighted by Gasteiger charge is 2.44. The van der Waals surface area contributed by atoms with Crippen LogP contribution in [-0.2, 0) is 0 Å². The van der Waals surface area contributed by atoms with E-state index in [4.69, 9.17) is 11.5 Å². The summed E-state index contributed by atoms with van der Waals surface area (Å²) in [6.45, 7) is -0.163. The number of Topliss-reactive ketones (excluding diaryl/α,β-unsaturated/α-hetero) is 2. The zero-order valence-electron chi connectivity index (χ0n) is 11.4. The molecule has 1 atom stereocenters. The molecular weight excluding hydrogens is 268 g/mol. The van der Waals surface area contributed by atoms with E-state index in [0.717, 1.165) is 0 Å². The Morgan fingerprint density at radius 1 is 1.14 bits per heavy atom. The second kappa shape index (κ2) is 4.65. The van der Waals surface area contributed by atoms with Crippen molar-refractivity contribution in [2.24, 2.45) is 11.5 Å². The number of carbonyl (C=O) groups excluding carboxylic acids is 2. The van der Waals surface area contributed by atoms with Crippen LogP contribution in [0.2, 0.25) is 0 Å². The van der Waals surface area contributed by atoms with Gasteiger partial charge in [0, 0.05) is 29.0 Å². The Kier molecular flexibility index (Phi) is 3.04. The van der Waals surface area contributed by atoms with E-state index in [0.29, 0.717) is 17.5 Å². The van der Waals surface area contributed by atoms with Crippen molar-refractivity contribution in [3.63, 3.8) is 0 Å². The van der Waals surface area contributed by atoms with E-state index in [-0.39, 0.29) is 41.4 Å². The summed E-state index contributed by atoms with van der Waals surface area (Å²) in [7, 11) is 0. The van der Waals surface area contributed by atoms with Gasteiger partial charge in [-0.15, -0.1) is 0 Å². The van der Waals surface area contributed by atoms with Gasteiger partial charge >= 0.3 is 0 Å². The first-order valence-electron chi connectivity index (χ1n) is 6.78. The molecule has 0 spiro atoms. The van der Waals surface area contributed by atoms with E-state index in [9.17, 15) is 14.7 Å². The fourth-order valence-electron chi connectivity index (χ4n) is 3.05. The Morgan fingerprint density at radius 3 is 2.38 bits per heavy atom. The van der Waals surface area contributed by atoms with Gasteiger partial charge in [-0.05, 0) is 12.8 Å². The number of allylic oxidation sites excluding steroid dienone is 1. The average Bonchev–Trinajstić information content (AvgIpc) is 2.48. The minimum atomic E-state index is -1.05. The van der Waals surface area contributed by atoms with Crippen molar-refractivity contribution >= 4 is 11.6 Å². The van der Waals surface area contributed by atoms with Gasteiger partial charge in [0.25, 0.3) is 0 Å². The van der Waals surface area contributed by atoms with Crippen LogP contribution < -0.4 is 11.5 Å². The van der Waals surface area contributed by atoms with Gasteiger partial charge in [-0.2, -0.15) is 0 Å². The lowest BCUT2D eigenvalue weighted by atomic mass is 9.69. The van der Waals surface area contributed by atoms with Crippen LogP contribution in [0, 0.1) is 0 Å². The molecule has 21 heavy (non-hydrogen) atoms. The minimum Gasteiger partial charge on any atom is -0.398 e. The molecule has 5 N–H and O–H groups in total. The van der Waals surface area contributed by atoms with Gasteiger partial charge in [0.15, 0.2) is 11.6 Å². The Morgan fingerprint density at radius 2 is 1.76 bits per heavy atom. The maximum Gasteiger partial charge on any atom is 0.196 e. The standard InChI is InChI=1S/C16H16N2O3/c17-11-5-6-16(18,7-8-19)13-12(11)14(20)9-3-1-2-4-10(9)15(13)21/h1-5,19H,6-8,17-18H2. The molecule has 0 heterocycles. The summed E-state index contributed by atoms with van der Waals surface area (Å²) < 4.78 is 0. The van der Waals surface area contributed by atoms with Gasteiger partial charge in [-0.1, -0.05) is 30.3 Å². The smallest absolute Gasteiger partial charge is 0.196 e. The summed E-state index contributed by atoms with van der Waals surface area (Å²) in [6.07, 6.45) is 2.20. The molecule has 5 nitrogen and oxygen atoms in total. The molecule has 0 aromatic heterocycles. The highest BCUT2D eigenvalue weighted by atomic mass is 16.3. The van der Waals surface area contributed by atoms with E-state index < -0.39 is 5.54 Å². The molecule has 1 aromatic carbocycles. The number of hydrogen-bond donors (Lipinski definition) is 3. The molecule has 2 aliphatic carbocycles. The predicted octanol–water partition coefficient (Wildman–Crippen LogP) is 0.688. The molecule has 0 saturated carbocycles. The quantitative estimate of drug-likeness (QED) is 0.740. The molecule has 108 valence electrons. The third-order valence-electron chi connectivity index (χ3n) is 4.15. The summed E-state index contributed by atoms with van der Waals surface area (Å²) in [5, 5.41) is 9.24. The fraction of sp³-hybridized carbons (Fsp3) is 0.250. The van der Waals surface area contributed by atoms with Gasteiger partial charge in [-0.25, -0.2) is 0 Å². The van der Waals surface area contributed by atoms with E-state index in [2.05, 4.69) is 0 Å². The number of hydrogen-bond acceptors (Lipinski definition) is 5. The first-order valence-corrected chi connectivity index (χ1v) is 6.78. The molecule has 0 bridgehead atoms. The van der Waals surface area contributed by atoms with Gasteiger partial charge in [0.05, 0.1) is 11.1 Å². The van der Waals surface area contributed by atoms with Crippen molar-refractivity contribution in [1.82, 2.24) is 0 Å². The molecule has 1 aromatic rings. The van der Waals surface area contributed by atoms with Crippen LogP contribution in [0.4, 0.5) is 0 Å². The third-order valence-corrected chi connectivity index (χ3v) is 4.15. The second-order valence-electron chi connectivity index (χ2n) is 5.45. The van der Waals surface area contributed by atoms with Crippen molar-refractivity contribution in [1.29, 1.82) is 0 Å². The number of fused-ring (bicyclic) bond motifs is 1. The molecule has 0 amide bonds. The van der Waals surface area contributed by atoms with Gasteiger partial charge in [0.2, 0.25) is 0 Å². The number of ketones is 2. The van der Waals surface area contributed by atoms with Gasteiger partial charge in [-0.3, -0.25) is 9.59 Å². The number of aliphatic hydroxyl groups is 1. The Labute approximate surface area is 121 Å². The molecule has 5 heteroatoms. The maximum atomic E-state index is 12.8. The Hall–Kier alpha value is -2.24. The lowest BCUT2D eigenvalue weighted by Gasteiger charge is -2.37. The Bertz CT molecular complexity index is 718.